The molecule has 1 aromatic heterocycles. The van der Waals surface area contributed by atoms with E-state index in [-0.39, 0.29) is 24.2 Å². The fourth-order valence-electron chi connectivity index (χ4n) is 1.04. The summed E-state index contributed by atoms with van der Waals surface area (Å²) in [6, 6.07) is 3.43. The second-order valence-corrected chi connectivity index (χ2v) is 3.44. The number of hydrogen-bond donors (Lipinski definition) is 1. The van der Waals surface area contributed by atoms with Crippen molar-refractivity contribution in [3.63, 3.8) is 0 Å². The van der Waals surface area contributed by atoms with E-state index in [0.29, 0.717) is 5.69 Å². The molecule has 0 aliphatic carbocycles. The number of alkyl halides is 1. The van der Waals surface area contributed by atoms with Gasteiger partial charge in [0.25, 0.3) is 0 Å². The van der Waals surface area contributed by atoms with Crippen molar-refractivity contribution < 1.29 is 9.59 Å². The average Bonchev–Trinajstić information content (AvgIpc) is 2.29. The van der Waals surface area contributed by atoms with Crippen molar-refractivity contribution in [2.45, 2.75) is 0 Å². The highest BCUT2D eigenvalue weighted by atomic mass is 35.5. The molecular weight excluding hydrogens is 230 g/mol. The van der Waals surface area contributed by atoms with Gasteiger partial charge in [-0.05, 0) is 12.1 Å². The van der Waals surface area contributed by atoms with Crippen molar-refractivity contribution in [3.05, 3.63) is 24.5 Å². The summed E-state index contributed by atoms with van der Waals surface area (Å²) in [5.41, 5.74) is 0.597. The van der Waals surface area contributed by atoms with E-state index in [1.54, 1.807) is 18.3 Å². The van der Waals surface area contributed by atoms with Crippen molar-refractivity contribution in [2.24, 2.45) is 0 Å². The zero-order valence-electron chi connectivity index (χ0n) is 8.81. The summed E-state index contributed by atoms with van der Waals surface area (Å²) in [4.78, 5) is 27.7. The molecule has 1 aromatic rings. The third-order valence-electron chi connectivity index (χ3n) is 1.87. The van der Waals surface area contributed by atoms with E-state index in [1.165, 1.54) is 18.1 Å². The number of hydrogen-bond acceptors (Lipinski definition) is 3. The molecule has 0 aliphatic heterocycles. The molecule has 0 atom stereocenters. The maximum absolute atomic E-state index is 11.5. The van der Waals surface area contributed by atoms with E-state index in [9.17, 15) is 9.59 Å². The Morgan fingerprint density at radius 2 is 2.31 bits per heavy atom. The van der Waals surface area contributed by atoms with E-state index >= 15 is 0 Å². The lowest BCUT2D eigenvalue weighted by Gasteiger charge is -2.14. The Morgan fingerprint density at radius 1 is 1.56 bits per heavy atom. The maximum atomic E-state index is 11.5. The van der Waals surface area contributed by atoms with Gasteiger partial charge in [0.2, 0.25) is 11.8 Å². The van der Waals surface area contributed by atoms with Crippen LogP contribution in [0.4, 0.5) is 5.69 Å². The zero-order chi connectivity index (χ0) is 12.0. The molecule has 16 heavy (non-hydrogen) atoms. The van der Waals surface area contributed by atoms with E-state index in [4.69, 9.17) is 11.6 Å². The molecule has 1 rings (SSSR count). The van der Waals surface area contributed by atoms with Gasteiger partial charge in [-0.1, -0.05) is 0 Å². The summed E-state index contributed by atoms with van der Waals surface area (Å²) in [6.45, 7) is -0.0273. The monoisotopic (exact) mass is 241 g/mol. The van der Waals surface area contributed by atoms with Gasteiger partial charge in [0, 0.05) is 13.2 Å². The largest absolute Gasteiger partial charge is 0.335 e. The summed E-state index contributed by atoms with van der Waals surface area (Å²) in [5.74, 6) is -0.701. The van der Waals surface area contributed by atoms with Gasteiger partial charge in [0.15, 0.2) is 0 Å². The molecule has 0 bridgehead atoms. The van der Waals surface area contributed by atoms with Crippen LogP contribution in [0.1, 0.15) is 0 Å². The summed E-state index contributed by atoms with van der Waals surface area (Å²) in [7, 11) is 1.52. The maximum Gasteiger partial charge on any atom is 0.244 e. The highest BCUT2D eigenvalue weighted by molar-refractivity contribution is 6.27. The molecule has 0 radical (unpaired) electrons. The number of nitrogens with zero attached hydrogens (tertiary/aromatic N) is 2. The fourth-order valence-corrected chi connectivity index (χ4v) is 1.25. The quantitative estimate of drug-likeness (QED) is 0.790. The molecule has 0 aliphatic rings. The number of carbonyl (C=O) groups excluding carboxylic acids is 2. The lowest BCUT2D eigenvalue weighted by molar-refractivity contribution is -0.131. The molecular formula is C10H12ClN3O2. The van der Waals surface area contributed by atoms with Gasteiger partial charge in [0.1, 0.15) is 5.88 Å². The van der Waals surface area contributed by atoms with Crippen LogP contribution < -0.4 is 5.32 Å². The highest BCUT2D eigenvalue weighted by Crippen LogP contribution is 2.02. The Labute approximate surface area is 98.4 Å². The lowest BCUT2D eigenvalue weighted by atomic mass is 10.4. The summed E-state index contributed by atoms with van der Waals surface area (Å²) >= 11 is 5.36. The first kappa shape index (κ1) is 12.4. The highest BCUT2D eigenvalue weighted by Gasteiger charge is 2.11. The minimum Gasteiger partial charge on any atom is -0.335 e. The third kappa shape index (κ3) is 3.86. The number of carbonyl (C=O) groups is 2. The molecule has 1 heterocycles. The molecule has 0 unspecified atom stereocenters. The molecule has 0 saturated carbocycles. The van der Waals surface area contributed by atoms with Crippen molar-refractivity contribution in [2.75, 3.05) is 24.8 Å². The first-order chi connectivity index (χ1) is 7.63. The predicted octanol–water partition coefficient (Wildman–Crippen LogP) is 0.717. The van der Waals surface area contributed by atoms with Crippen LogP contribution in [-0.4, -0.2) is 41.2 Å². The average molecular weight is 242 g/mol. The Morgan fingerprint density at radius 3 is 2.88 bits per heavy atom. The fraction of sp³-hybridized carbons (Fsp3) is 0.300. The SMILES string of the molecule is CN(CC(=O)Nc1cccnc1)C(=O)CCl. The summed E-state index contributed by atoms with van der Waals surface area (Å²) in [5, 5.41) is 2.61. The predicted molar refractivity (Wildman–Crippen MR) is 61.2 cm³/mol. The van der Waals surface area contributed by atoms with Crippen LogP contribution in [-0.2, 0) is 9.59 Å². The Bertz CT molecular complexity index is 370. The number of pyridine rings is 1. The summed E-state index contributed by atoms with van der Waals surface area (Å²) in [6.07, 6.45) is 3.14. The Hall–Kier alpha value is -1.62. The minimum absolute atomic E-state index is 0.0273. The van der Waals surface area contributed by atoms with Crippen LogP contribution in [0.25, 0.3) is 0 Å². The first-order valence-corrected chi connectivity index (χ1v) is 5.16. The number of amides is 2. The van der Waals surface area contributed by atoms with Gasteiger partial charge in [0.05, 0.1) is 18.4 Å². The van der Waals surface area contributed by atoms with Gasteiger partial charge in [-0.25, -0.2) is 0 Å². The van der Waals surface area contributed by atoms with Gasteiger partial charge in [-0.15, -0.1) is 11.6 Å². The van der Waals surface area contributed by atoms with Crippen LogP contribution in [0.3, 0.4) is 0 Å². The molecule has 6 heteroatoms. The molecule has 2 amide bonds. The number of nitrogens with one attached hydrogen (secondary N) is 1. The minimum atomic E-state index is -0.289. The molecule has 86 valence electrons. The van der Waals surface area contributed by atoms with Crippen LogP contribution in [0.5, 0.6) is 0 Å². The number of halogens is 1. The van der Waals surface area contributed by atoms with Gasteiger partial charge >= 0.3 is 0 Å². The van der Waals surface area contributed by atoms with Crippen LogP contribution >= 0.6 is 11.6 Å². The standard InChI is InChI=1S/C10H12ClN3O2/c1-14(10(16)5-11)7-9(15)13-8-3-2-4-12-6-8/h2-4,6H,5,7H2,1H3,(H,13,15). The van der Waals surface area contributed by atoms with Crippen molar-refractivity contribution in [1.29, 1.82) is 0 Å². The van der Waals surface area contributed by atoms with Crippen molar-refractivity contribution in [1.82, 2.24) is 9.88 Å². The van der Waals surface area contributed by atoms with E-state index in [1.807, 2.05) is 0 Å². The second-order valence-electron chi connectivity index (χ2n) is 3.17. The van der Waals surface area contributed by atoms with Gasteiger partial charge < -0.3 is 10.2 Å². The lowest BCUT2D eigenvalue weighted by Crippen LogP contribution is -2.35. The normalized spacial score (nSPS) is 9.62. The van der Waals surface area contributed by atoms with Crippen LogP contribution in [0.2, 0.25) is 0 Å². The zero-order valence-corrected chi connectivity index (χ0v) is 9.57. The Kier molecular flexibility index (Phi) is 4.72. The molecule has 0 aromatic carbocycles. The van der Waals surface area contributed by atoms with E-state index < -0.39 is 0 Å². The number of aromatic nitrogens is 1. The molecule has 0 saturated heterocycles. The number of anilines is 1. The molecule has 5 nitrogen and oxygen atoms in total. The summed E-state index contributed by atoms with van der Waals surface area (Å²) < 4.78 is 0. The smallest absolute Gasteiger partial charge is 0.244 e. The molecule has 0 fully saturated rings. The van der Waals surface area contributed by atoms with Gasteiger partial charge in [-0.2, -0.15) is 0 Å². The second kappa shape index (κ2) is 6.07. The van der Waals surface area contributed by atoms with E-state index in [0.717, 1.165) is 0 Å². The van der Waals surface area contributed by atoms with Crippen molar-refractivity contribution >= 4 is 29.1 Å². The van der Waals surface area contributed by atoms with Crippen molar-refractivity contribution in [3.8, 4) is 0 Å². The van der Waals surface area contributed by atoms with Crippen LogP contribution in [0, 0.1) is 0 Å². The van der Waals surface area contributed by atoms with Gasteiger partial charge in [-0.3, -0.25) is 14.6 Å². The molecule has 1 N–H and O–H groups in total. The topological polar surface area (TPSA) is 62.3 Å². The Balaban J connectivity index is 2.45. The van der Waals surface area contributed by atoms with E-state index in [2.05, 4.69) is 10.3 Å². The number of rotatable bonds is 4. The van der Waals surface area contributed by atoms with Crippen LogP contribution in [0.15, 0.2) is 24.5 Å². The molecule has 0 spiro atoms. The third-order valence-corrected chi connectivity index (χ3v) is 2.09. The first-order valence-electron chi connectivity index (χ1n) is 4.63. The number of likely N-dealkylation sites (N-methyl/N-ethyl adjacent to an activating group) is 1.